The predicted octanol–water partition coefficient (Wildman–Crippen LogP) is 1.85. The van der Waals surface area contributed by atoms with Gasteiger partial charge in [-0.2, -0.15) is 5.26 Å². The van der Waals surface area contributed by atoms with Gasteiger partial charge < -0.3 is 9.64 Å². The van der Waals surface area contributed by atoms with Crippen LogP contribution in [0.25, 0.3) is 0 Å². The third-order valence-corrected chi connectivity index (χ3v) is 3.91. The van der Waals surface area contributed by atoms with Crippen molar-refractivity contribution in [3.63, 3.8) is 0 Å². The lowest BCUT2D eigenvalue weighted by Crippen LogP contribution is -2.55. The maximum absolute atomic E-state index is 12.5. The Labute approximate surface area is 124 Å². The van der Waals surface area contributed by atoms with E-state index < -0.39 is 11.5 Å². The Kier molecular flexibility index (Phi) is 4.27. The van der Waals surface area contributed by atoms with Crippen LogP contribution in [0.1, 0.15) is 31.7 Å². The number of amides is 1. The van der Waals surface area contributed by atoms with E-state index in [4.69, 9.17) is 4.74 Å². The highest BCUT2D eigenvalue weighted by Gasteiger charge is 2.58. The van der Waals surface area contributed by atoms with Gasteiger partial charge in [0.1, 0.15) is 6.07 Å². The van der Waals surface area contributed by atoms with Gasteiger partial charge >= 0.3 is 5.97 Å². The number of benzene rings is 1. The molecule has 1 aromatic carbocycles. The molecule has 0 aromatic heterocycles. The van der Waals surface area contributed by atoms with Crippen molar-refractivity contribution in [1.29, 1.82) is 5.26 Å². The van der Waals surface area contributed by atoms with Gasteiger partial charge in [-0.3, -0.25) is 4.79 Å². The van der Waals surface area contributed by atoms with Crippen LogP contribution in [0.2, 0.25) is 0 Å². The first kappa shape index (κ1) is 15.0. The minimum atomic E-state index is -1.57. The van der Waals surface area contributed by atoms with Gasteiger partial charge in [0.15, 0.2) is 0 Å². The Morgan fingerprint density at radius 2 is 2.10 bits per heavy atom. The molecule has 0 aliphatic carbocycles. The van der Waals surface area contributed by atoms with Gasteiger partial charge in [0, 0.05) is 19.4 Å². The number of carbonyl (C=O) groups excluding carboxylic acids is 2. The van der Waals surface area contributed by atoms with Crippen LogP contribution in [-0.2, 0) is 14.3 Å². The highest BCUT2D eigenvalue weighted by Crippen LogP contribution is 2.42. The Morgan fingerprint density at radius 3 is 2.62 bits per heavy atom. The van der Waals surface area contributed by atoms with Gasteiger partial charge in [0.25, 0.3) is 0 Å². The van der Waals surface area contributed by atoms with E-state index in [9.17, 15) is 14.9 Å². The lowest BCUT2D eigenvalue weighted by Gasteiger charge is -2.33. The number of rotatable bonds is 3. The summed E-state index contributed by atoms with van der Waals surface area (Å²) in [5.41, 5.74) is -0.695. The predicted molar refractivity (Wildman–Crippen MR) is 76.2 cm³/mol. The molecular weight excluding hydrogens is 268 g/mol. The van der Waals surface area contributed by atoms with Crippen LogP contribution < -0.4 is 0 Å². The Bertz CT molecular complexity index is 579. The van der Waals surface area contributed by atoms with Crippen LogP contribution in [0.4, 0.5) is 0 Å². The van der Waals surface area contributed by atoms with Gasteiger partial charge in [0.05, 0.1) is 6.61 Å². The summed E-state index contributed by atoms with van der Waals surface area (Å²) in [7, 11) is 0. The van der Waals surface area contributed by atoms with Crippen LogP contribution in [0.15, 0.2) is 30.3 Å². The number of hydrogen-bond acceptors (Lipinski definition) is 4. The second-order valence-electron chi connectivity index (χ2n) is 5.02. The minimum absolute atomic E-state index is 0.176. The Balaban J connectivity index is 2.52. The van der Waals surface area contributed by atoms with Gasteiger partial charge in [-0.25, -0.2) is 4.79 Å². The number of nitriles is 1. The van der Waals surface area contributed by atoms with E-state index in [0.29, 0.717) is 13.0 Å². The molecule has 0 saturated carbocycles. The van der Waals surface area contributed by atoms with Crippen molar-refractivity contribution in [3.8, 4) is 6.07 Å². The summed E-state index contributed by atoms with van der Waals surface area (Å²) in [6.45, 7) is 3.61. The maximum Gasteiger partial charge on any atom is 0.347 e. The molecule has 5 nitrogen and oxygen atoms in total. The van der Waals surface area contributed by atoms with Crippen molar-refractivity contribution in [2.75, 3.05) is 13.2 Å². The van der Waals surface area contributed by atoms with Crippen molar-refractivity contribution < 1.29 is 14.3 Å². The smallest absolute Gasteiger partial charge is 0.347 e. The molecule has 0 radical (unpaired) electrons. The first-order valence-electron chi connectivity index (χ1n) is 6.99. The molecule has 2 atom stereocenters. The number of nitrogens with zero attached hydrogens (tertiary/aromatic N) is 2. The van der Waals surface area contributed by atoms with Gasteiger partial charge in [-0.1, -0.05) is 30.3 Å². The SMILES string of the molecule is CCOC(=O)[C@@]1(C#N)[C@H](c2ccccc2)CCN1C(C)=O. The molecule has 0 unspecified atom stereocenters. The van der Waals surface area contributed by atoms with E-state index in [1.165, 1.54) is 11.8 Å². The lowest BCUT2D eigenvalue weighted by molar-refractivity contribution is -0.157. The van der Waals surface area contributed by atoms with Crippen molar-refractivity contribution >= 4 is 11.9 Å². The number of hydrogen-bond donors (Lipinski definition) is 0. The zero-order valence-electron chi connectivity index (χ0n) is 12.2. The number of carbonyl (C=O) groups is 2. The largest absolute Gasteiger partial charge is 0.463 e. The molecule has 2 rings (SSSR count). The van der Waals surface area contributed by atoms with Crippen LogP contribution in [-0.4, -0.2) is 35.5 Å². The van der Waals surface area contributed by atoms with Gasteiger partial charge in [0.2, 0.25) is 11.4 Å². The average molecular weight is 286 g/mol. The number of likely N-dealkylation sites (tertiary alicyclic amines) is 1. The summed E-state index contributed by atoms with van der Waals surface area (Å²) in [6, 6.07) is 11.4. The standard InChI is InChI=1S/C16H18N2O3/c1-3-21-15(20)16(11-17)14(9-10-18(16)12(2)19)13-7-5-4-6-8-13/h4-8,14H,3,9-10H2,1-2H3/t14-,16+/m0/s1. The molecule has 1 aromatic rings. The van der Waals surface area contributed by atoms with E-state index in [1.54, 1.807) is 6.92 Å². The first-order chi connectivity index (χ1) is 10.1. The maximum atomic E-state index is 12.5. The van der Waals surface area contributed by atoms with E-state index in [0.717, 1.165) is 5.56 Å². The van der Waals surface area contributed by atoms with E-state index in [1.807, 2.05) is 30.3 Å². The second-order valence-corrected chi connectivity index (χ2v) is 5.02. The molecule has 1 aliphatic rings. The molecule has 1 aliphatic heterocycles. The lowest BCUT2D eigenvalue weighted by atomic mass is 9.80. The minimum Gasteiger partial charge on any atom is -0.463 e. The molecule has 1 fully saturated rings. The molecule has 110 valence electrons. The number of ether oxygens (including phenoxy) is 1. The van der Waals surface area contributed by atoms with Gasteiger partial charge in [-0.05, 0) is 18.9 Å². The quantitative estimate of drug-likeness (QED) is 0.795. The van der Waals surface area contributed by atoms with Crippen molar-refractivity contribution in [2.24, 2.45) is 0 Å². The first-order valence-corrected chi connectivity index (χ1v) is 6.99. The topological polar surface area (TPSA) is 70.4 Å². The molecule has 0 spiro atoms. The number of esters is 1. The normalized spacial score (nSPS) is 24.4. The molecule has 1 saturated heterocycles. The molecule has 21 heavy (non-hydrogen) atoms. The van der Waals surface area contributed by atoms with Crippen molar-refractivity contribution in [1.82, 2.24) is 4.90 Å². The summed E-state index contributed by atoms with van der Waals surface area (Å²) in [5.74, 6) is -1.30. The summed E-state index contributed by atoms with van der Waals surface area (Å²) in [6.07, 6.45) is 0.565. The fraction of sp³-hybridized carbons (Fsp3) is 0.438. The summed E-state index contributed by atoms with van der Waals surface area (Å²) in [4.78, 5) is 25.7. The zero-order chi connectivity index (χ0) is 15.5. The third kappa shape index (κ3) is 2.38. The summed E-state index contributed by atoms with van der Waals surface area (Å²) < 4.78 is 5.10. The highest BCUT2D eigenvalue weighted by atomic mass is 16.5. The highest BCUT2D eigenvalue weighted by molar-refractivity contribution is 5.92. The molecule has 1 amide bonds. The molecule has 0 N–H and O–H groups in total. The summed E-state index contributed by atoms with van der Waals surface area (Å²) in [5, 5.41) is 9.72. The Hall–Kier alpha value is -2.35. The monoisotopic (exact) mass is 286 g/mol. The second kappa shape index (κ2) is 5.96. The molecule has 0 bridgehead atoms. The van der Waals surface area contributed by atoms with Crippen LogP contribution >= 0.6 is 0 Å². The van der Waals surface area contributed by atoms with Crippen molar-refractivity contribution in [3.05, 3.63) is 35.9 Å². The summed E-state index contributed by atoms with van der Waals surface area (Å²) >= 11 is 0. The van der Waals surface area contributed by atoms with Crippen LogP contribution in [0, 0.1) is 11.3 Å². The third-order valence-electron chi connectivity index (χ3n) is 3.91. The van der Waals surface area contributed by atoms with E-state index in [-0.39, 0.29) is 18.4 Å². The fourth-order valence-electron chi connectivity index (χ4n) is 3.01. The van der Waals surface area contributed by atoms with Crippen LogP contribution in [0.3, 0.4) is 0 Å². The van der Waals surface area contributed by atoms with E-state index in [2.05, 4.69) is 6.07 Å². The molecule has 1 heterocycles. The fourth-order valence-corrected chi connectivity index (χ4v) is 3.01. The molecular formula is C16H18N2O3. The van der Waals surface area contributed by atoms with Gasteiger partial charge in [-0.15, -0.1) is 0 Å². The average Bonchev–Trinajstić information content (AvgIpc) is 2.89. The van der Waals surface area contributed by atoms with Crippen molar-refractivity contribution in [2.45, 2.75) is 31.7 Å². The van der Waals surface area contributed by atoms with E-state index >= 15 is 0 Å². The molecule has 5 heteroatoms. The zero-order valence-corrected chi connectivity index (χ0v) is 12.2. The van der Waals surface area contributed by atoms with Crippen LogP contribution in [0.5, 0.6) is 0 Å². The Morgan fingerprint density at radius 1 is 1.43 bits per heavy atom.